The first-order valence-electron chi connectivity index (χ1n) is 12.4. The molecule has 0 aliphatic carbocycles. The van der Waals surface area contributed by atoms with E-state index in [2.05, 4.69) is 10.6 Å². The van der Waals surface area contributed by atoms with Crippen LogP contribution in [0, 0.1) is 6.92 Å². The van der Waals surface area contributed by atoms with Gasteiger partial charge in [-0.3, -0.25) is 9.36 Å². The number of nitrogens with zero attached hydrogens (tertiary/aromatic N) is 3. The second-order valence-corrected chi connectivity index (χ2v) is 9.15. The van der Waals surface area contributed by atoms with E-state index in [0.29, 0.717) is 29.5 Å². The first kappa shape index (κ1) is 24.4. The highest BCUT2D eigenvalue weighted by Gasteiger charge is 2.18. The molecule has 3 aromatic heterocycles. The summed E-state index contributed by atoms with van der Waals surface area (Å²) in [5.41, 5.74) is 4.47. The quantitative estimate of drug-likeness (QED) is 0.236. The molecule has 6 aromatic rings. The lowest BCUT2D eigenvalue weighted by Crippen LogP contribution is -2.30. The highest BCUT2D eigenvalue weighted by molar-refractivity contribution is 6.58. The second kappa shape index (κ2) is 10.1. The van der Waals surface area contributed by atoms with Gasteiger partial charge < -0.3 is 25.1 Å². The van der Waals surface area contributed by atoms with Gasteiger partial charge in [0.15, 0.2) is 5.76 Å². The Morgan fingerprint density at radius 1 is 0.949 bits per heavy atom. The van der Waals surface area contributed by atoms with E-state index in [1.54, 1.807) is 30.3 Å². The Labute approximate surface area is 223 Å². The maximum Gasteiger partial charge on any atom is 0.488 e. The summed E-state index contributed by atoms with van der Waals surface area (Å²) < 4.78 is 7.19. The molecule has 3 heterocycles. The third-order valence-corrected chi connectivity index (χ3v) is 6.52. The van der Waals surface area contributed by atoms with Gasteiger partial charge in [-0.2, -0.15) is 4.98 Å². The monoisotopic (exact) mass is 517 g/mol. The number of hydrogen-bond acceptors (Lipinski definition) is 7. The summed E-state index contributed by atoms with van der Waals surface area (Å²) in [6.07, 6.45) is 1.46. The molecular formula is C29H24BN5O4. The molecule has 39 heavy (non-hydrogen) atoms. The zero-order valence-corrected chi connectivity index (χ0v) is 21.0. The van der Waals surface area contributed by atoms with Crippen molar-refractivity contribution in [2.24, 2.45) is 0 Å². The van der Waals surface area contributed by atoms with Gasteiger partial charge in [0, 0.05) is 23.0 Å². The Balaban J connectivity index is 1.39. The molecule has 0 unspecified atom stereocenters. The van der Waals surface area contributed by atoms with Crippen LogP contribution in [0.25, 0.3) is 27.8 Å². The highest BCUT2D eigenvalue weighted by atomic mass is 16.4. The van der Waals surface area contributed by atoms with Crippen LogP contribution in [-0.2, 0) is 6.54 Å². The molecule has 0 aliphatic heterocycles. The van der Waals surface area contributed by atoms with Crippen molar-refractivity contribution < 1.29 is 19.3 Å². The Kier molecular flexibility index (Phi) is 6.32. The molecular weight excluding hydrogens is 493 g/mol. The van der Waals surface area contributed by atoms with Crippen molar-refractivity contribution >= 4 is 51.8 Å². The van der Waals surface area contributed by atoms with E-state index < -0.39 is 7.12 Å². The van der Waals surface area contributed by atoms with Gasteiger partial charge in [0.1, 0.15) is 5.82 Å². The number of rotatable bonds is 7. The topological polar surface area (TPSA) is 125 Å². The van der Waals surface area contributed by atoms with Crippen LogP contribution < -0.4 is 16.1 Å². The fourth-order valence-electron chi connectivity index (χ4n) is 4.68. The van der Waals surface area contributed by atoms with Crippen LogP contribution in [0.1, 0.15) is 21.8 Å². The number of fused-ring (bicyclic) bond motifs is 2. The van der Waals surface area contributed by atoms with Gasteiger partial charge >= 0.3 is 7.12 Å². The summed E-state index contributed by atoms with van der Waals surface area (Å²) in [4.78, 5) is 22.4. The average Bonchev–Trinajstić information content (AvgIpc) is 3.60. The molecule has 4 N–H and O–H groups in total. The summed E-state index contributed by atoms with van der Waals surface area (Å²) in [7, 11) is -1.53. The van der Waals surface area contributed by atoms with E-state index in [4.69, 9.17) is 14.4 Å². The molecule has 3 aromatic carbocycles. The van der Waals surface area contributed by atoms with E-state index in [-0.39, 0.29) is 11.7 Å². The summed E-state index contributed by atoms with van der Waals surface area (Å²) in [5, 5.41) is 27.1. The fraction of sp³-hybridized carbons (Fsp3) is 0.0690. The van der Waals surface area contributed by atoms with Crippen LogP contribution in [0.3, 0.4) is 0 Å². The Bertz CT molecular complexity index is 1810. The van der Waals surface area contributed by atoms with Crippen LogP contribution in [0.2, 0.25) is 0 Å². The van der Waals surface area contributed by atoms with Gasteiger partial charge in [-0.25, -0.2) is 4.98 Å². The molecule has 1 amide bonds. The van der Waals surface area contributed by atoms with Crippen LogP contribution >= 0.6 is 0 Å². The molecule has 0 spiro atoms. The van der Waals surface area contributed by atoms with Crippen LogP contribution in [0.4, 0.5) is 11.5 Å². The maximum absolute atomic E-state index is 12.6. The van der Waals surface area contributed by atoms with E-state index in [1.165, 1.54) is 6.26 Å². The van der Waals surface area contributed by atoms with Crippen LogP contribution in [0.15, 0.2) is 95.6 Å². The molecule has 0 saturated heterocycles. The molecule has 0 bridgehead atoms. The van der Waals surface area contributed by atoms with Gasteiger partial charge in [0.25, 0.3) is 5.91 Å². The number of carbonyl (C=O) groups excluding carboxylic acids is 1. The van der Waals surface area contributed by atoms with Crippen molar-refractivity contribution in [2.75, 3.05) is 10.6 Å². The van der Waals surface area contributed by atoms with Crippen molar-refractivity contribution in [3.63, 3.8) is 0 Å². The lowest BCUT2D eigenvalue weighted by Gasteiger charge is -2.14. The fourth-order valence-corrected chi connectivity index (χ4v) is 4.68. The minimum atomic E-state index is -1.53. The van der Waals surface area contributed by atoms with Gasteiger partial charge in [-0.15, -0.1) is 0 Å². The summed E-state index contributed by atoms with van der Waals surface area (Å²) in [6, 6.07) is 25.8. The maximum atomic E-state index is 12.6. The minimum Gasteiger partial charge on any atom is -0.459 e. The molecule has 0 radical (unpaired) electrons. The number of para-hydroxylation sites is 1. The summed E-state index contributed by atoms with van der Waals surface area (Å²) in [6.45, 7) is 2.39. The molecule has 192 valence electrons. The van der Waals surface area contributed by atoms with Crippen molar-refractivity contribution in [3.8, 4) is 5.95 Å². The van der Waals surface area contributed by atoms with Gasteiger partial charge in [-0.05, 0) is 60.4 Å². The van der Waals surface area contributed by atoms with E-state index in [1.807, 2.05) is 66.1 Å². The van der Waals surface area contributed by atoms with E-state index >= 15 is 0 Å². The van der Waals surface area contributed by atoms with Crippen LogP contribution in [-0.4, -0.2) is 37.6 Å². The minimum absolute atomic E-state index is 0.232. The molecule has 0 aliphatic rings. The highest BCUT2D eigenvalue weighted by Crippen LogP contribution is 2.31. The zero-order valence-electron chi connectivity index (χ0n) is 21.0. The normalized spacial score (nSPS) is 11.2. The predicted octanol–water partition coefficient (Wildman–Crippen LogP) is 4.02. The van der Waals surface area contributed by atoms with E-state index in [9.17, 15) is 14.8 Å². The first-order chi connectivity index (χ1) is 19.0. The van der Waals surface area contributed by atoms with Crippen molar-refractivity contribution in [2.45, 2.75) is 13.5 Å². The van der Waals surface area contributed by atoms with Crippen LogP contribution in [0.5, 0.6) is 0 Å². The third-order valence-electron chi connectivity index (χ3n) is 6.52. The Hall–Kier alpha value is -4.93. The Morgan fingerprint density at radius 2 is 1.79 bits per heavy atom. The van der Waals surface area contributed by atoms with Crippen molar-refractivity contribution in [1.29, 1.82) is 0 Å². The molecule has 9 nitrogen and oxygen atoms in total. The van der Waals surface area contributed by atoms with E-state index in [0.717, 1.165) is 33.1 Å². The lowest BCUT2D eigenvalue weighted by molar-refractivity contribution is 0.0997. The van der Waals surface area contributed by atoms with Crippen molar-refractivity contribution in [3.05, 3.63) is 108 Å². The van der Waals surface area contributed by atoms with Gasteiger partial charge in [-0.1, -0.05) is 42.5 Å². The average molecular weight is 517 g/mol. The predicted molar refractivity (Wildman–Crippen MR) is 151 cm³/mol. The van der Waals surface area contributed by atoms with Crippen molar-refractivity contribution in [1.82, 2.24) is 14.5 Å². The first-order valence-corrected chi connectivity index (χ1v) is 12.4. The number of benzene rings is 3. The molecule has 0 fully saturated rings. The zero-order chi connectivity index (χ0) is 26.9. The standard InChI is InChI=1S/C29H24BN5O4/c1-18-15-22-24(32-28(36)26-13-6-14-39-26)11-5-12-25(22)35(18)29-33-23-10-3-2-9-21(23)27(34-29)31-17-19-7-4-8-20(16-19)30(37)38/h2-16,37-38H,17H2,1H3,(H,32,36)(H,31,33,34). The number of anilines is 2. The number of hydrogen-bond donors (Lipinski definition) is 4. The number of aryl methyl sites for hydroxylation is 1. The SMILES string of the molecule is Cc1cc2c(NC(=O)c3ccco3)cccc2n1-c1nc(NCc2cccc(B(O)O)c2)c2ccccc2n1. The third kappa shape index (κ3) is 4.74. The number of carbonyl (C=O) groups is 1. The largest absolute Gasteiger partial charge is 0.488 e. The molecule has 0 saturated carbocycles. The molecule has 0 atom stereocenters. The number of aromatic nitrogens is 3. The number of furan rings is 1. The lowest BCUT2D eigenvalue weighted by atomic mass is 9.80. The summed E-state index contributed by atoms with van der Waals surface area (Å²) >= 11 is 0. The summed E-state index contributed by atoms with van der Waals surface area (Å²) in [5.74, 6) is 1.03. The Morgan fingerprint density at radius 3 is 2.62 bits per heavy atom. The van der Waals surface area contributed by atoms with Gasteiger partial charge in [0.05, 0.1) is 23.0 Å². The number of nitrogens with one attached hydrogen (secondary N) is 2. The molecule has 10 heteroatoms. The smallest absolute Gasteiger partial charge is 0.459 e. The number of amides is 1. The van der Waals surface area contributed by atoms with Gasteiger partial charge in [0.2, 0.25) is 5.95 Å². The second-order valence-electron chi connectivity index (χ2n) is 9.15. The molecule has 6 rings (SSSR count).